The summed E-state index contributed by atoms with van der Waals surface area (Å²) in [6, 6.07) is 20.2. The lowest BCUT2D eigenvalue weighted by Crippen LogP contribution is -2.20. The summed E-state index contributed by atoms with van der Waals surface area (Å²) in [5.74, 6) is -0.782. The lowest BCUT2D eigenvalue weighted by atomic mass is 10.1. The molecule has 3 N–H and O–H groups in total. The third kappa shape index (κ3) is 6.10. The molecule has 0 spiro atoms. The van der Waals surface area contributed by atoms with Crippen LogP contribution >= 0.6 is 0 Å². The van der Waals surface area contributed by atoms with Crippen molar-refractivity contribution >= 4 is 11.6 Å². The second-order valence-corrected chi connectivity index (χ2v) is 8.03. The molecule has 0 aliphatic carbocycles. The standard InChI is InChI=1S/C27H24FN5O2/c28-25-12-19(8-9-21(25)14-29)17-33-18-31-16-23(33)10-11-30-15-22-4-1-2-7-26(22)32-27(35)20-5-3-6-24(34)13-20/h1-9,12-13,16,18,30,34H,10-11,15,17H2,(H,32,35). The molecule has 0 unspecified atom stereocenters. The normalized spacial score (nSPS) is 10.6. The Morgan fingerprint density at radius 3 is 2.77 bits per heavy atom. The predicted molar refractivity (Wildman–Crippen MR) is 130 cm³/mol. The summed E-state index contributed by atoms with van der Waals surface area (Å²) >= 11 is 0. The Morgan fingerprint density at radius 2 is 1.97 bits per heavy atom. The number of amides is 1. The summed E-state index contributed by atoms with van der Waals surface area (Å²) in [5, 5.41) is 24.8. The number of aromatic nitrogens is 2. The number of benzene rings is 3. The molecule has 0 saturated carbocycles. The van der Waals surface area contributed by atoms with Crippen LogP contribution in [0.2, 0.25) is 0 Å². The lowest BCUT2D eigenvalue weighted by molar-refractivity contribution is 0.102. The number of nitrogens with zero attached hydrogens (tertiary/aromatic N) is 3. The fraction of sp³-hybridized carbons (Fsp3) is 0.148. The minimum atomic E-state index is -0.525. The van der Waals surface area contributed by atoms with E-state index in [-0.39, 0.29) is 17.2 Å². The van der Waals surface area contributed by atoms with E-state index < -0.39 is 5.82 Å². The van der Waals surface area contributed by atoms with Crippen LogP contribution in [0.25, 0.3) is 0 Å². The molecule has 7 nitrogen and oxygen atoms in total. The first-order valence-corrected chi connectivity index (χ1v) is 11.1. The zero-order valence-corrected chi connectivity index (χ0v) is 18.9. The van der Waals surface area contributed by atoms with Gasteiger partial charge in [-0.3, -0.25) is 4.79 Å². The van der Waals surface area contributed by atoms with Crippen LogP contribution in [0.1, 0.15) is 32.7 Å². The second kappa shape index (κ2) is 11.1. The van der Waals surface area contributed by atoms with Crippen LogP contribution in [0.3, 0.4) is 0 Å². The van der Waals surface area contributed by atoms with Crippen LogP contribution in [-0.2, 0) is 19.5 Å². The monoisotopic (exact) mass is 469 g/mol. The van der Waals surface area contributed by atoms with Crippen molar-refractivity contribution in [2.75, 3.05) is 11.9 Å². The molecular formula is C27H24FN5O2. The first-order valence-electron chi connectivity index (χ1n) is 11.1. The Labute approximate surface area is 202 Å². The van der Waals surface area contributed by atoms with Gasteiger partial charge in [0.15, 0.2) is 0 Å². The van der Waals surface area contributed by atoms with Crippen molar-refractivity contribution in [2.45, 2.75) is 19.5 Å². The predicted octanol–water partition coefficient (Wildman–Crippen LogP) is 4.23. The van der Waals surface area contributed by atoms with E-state index in [9.17, 15) is 14.3 Å². The van der Waals surface area contributed by atoms with Gasteiger partial charge in [-0.2, -0.15) is 5.26 Å². The summed E-state index contributed by atoms with van der Waals surface area (Å²) in [6.45, 7) is 1.68. The van der Waals surface area contributed by atoms with Crippen molar-refractivity contribution in [2.24, 2.45) is 0 Å². The average molecular weight is 470 g/mol. The molecule has 3 aromatic carbocycles. The number of imidazole rings is 1. The highest BCUT2D eigenvalue weighted by molar-refractivity contribution is 6.04. The van der Waals surface area contributed by atoms with E-state index in [1.807, 2.05) is 34.9 Å². The third-order valence-corrected chi connectivity index (χ3v) is 5.55. The van der Waals surface area contributed by atoms with E-state index in [2.05, 4.69) is 15.6 Å². The van der Waals surface area contributed by atoms with Gasteiger partial charge in [0, 0.05) is 49.2 Å². The second-order valence-electron chi connectivity index (χ2n) is 8.03. The van der Waals surface area contributed by atoms with E-state index in [0.717, 1.165) is 16.8 Å². The molecule has 1 amide bonds. The van der Waals surface area contributed by atoms with E-state index in [1.165, 1.54) is 24.3 Å². The van der Waals surface area contributed by atoms with Gasteiger partial charge in [-0.05, 0) is 47.5 Å². The number of nitrogens with one attached hydrogen (secondary N) is 2. The van der Waals surface area contributed by atoms with Gasteiger partial charge in [0.25, 0.3) is 5.91 Å². The topological polar surface area (TPSA) is 103 Å². The van der Waals surface area contributed by atoms with Crippen molar-refractivity contribution in [1.82, 2.24) is 14.9 Å². The quantitative estimate of drug-likeness (QED) is 0.318. The maximum Gasteiger partial charge on any atom is 0.255 e. The number of hydrogen-bond donors (Lipinski definition) is 3. The molecule has 176 valence electrons. The van der Waals surface area contributed by atoms with E-state index in [0.29, 0.717) is 37.3 Å². The molecule has 0 atom stereocenters. The first kappa shape index (κ1) is 23.7. The molecule has 0 aliphatic heterocycles. The number of carbonyl (C=O) groups is 1. The third-order valence-electron chi connectivity index (χ3n) is 5.55. The zero-order valence-electron chi connectivity index (χ0n) is 18.9. The van der Waals surface area contributed by atoms with Crippen molar-refractivity contribution in [3.05, 3.63) is 113 Å². The first-order chi connectivity index (χ1) is 17.0. The van der Waals surface area contributed by atoms with Gasteiger partial charge in [-0.25, -0.2) is 9.37 Å². The minimum absolute atomic E-state index is 0.0298. The molecule has 0 aliphatic rings. The minimum Gasteiger partial charge on any atom is -0.508 e. The Balaban J connectivity index is 1.33. The van der Waals surface area contributed by atoms with Crippen LogP contribution in [0.15, 0.2) is 79.3 Å². The van der Waals surface area contributed by atoms with E-state index in [4.69, 9.17) is 5.26 Å². The average Bonchev–Trinajstić information content (AvgIpc) is 3.29. The van der Waals surface area contributed by atoms with Gasteiger partial charge in [0.2, 0.25) is 0 Å². The van der Waals surface area contributed by atoms with Crippen LogP contribution in [-0.4, -0.2) is 27.1 Å². The molecule has 8 heteroatoms. The maximum absolute atomic E-state index is 13.9. The summed E-state index contributed by atoms with van der Waals surface area (Å²) < 4.78 is 15.9. The van der Waals surface area contributed by atoms with Gasteiger partial charge >= 0.3 is 0 Å². The molecule has 1 heterocycles. The Kier molecular flexibility index (Phi) is 7.50. The largest absolute Gasteiger partial charge is 0.508 e. The zero-order chi connectivity index (χ0) is 24.6. The number of halogens is 1. The molecular weight excluding hydrogens is 445 g/mol. The number of carbonyl (C=O) groups excluding carboxylic acids is 1. The fourth-order valence-electron chi connectivity index (χ4n) is 3.72. The molecule has 0 saturated heterocycles. The van der Waals surface area contributed by atoms with Gasteiger partial charge in [0.1, 0.15) is 17.6 Å². The SMILES string of the molecule is N#Cc1ccc(Cn2cncc2CCNCc2ccccc2NC(=O)c2cccc(O)c2)cc1F. The maximum atomic E-state index is 13.9. The number of phenolic OH excluding ortho intramolecular Hbond substituents is 1. The lowest BCUT2D eigenvalue weighted by Gasteiger charge is -2.13. The number of rotatable bonds is 9. The molecule has 0 bridgehead atoms. The molecule has 0 fully saturated rings. The molecule has 1 aromatic heterocycles. The highest BCUT2D eigenvalue weighted by Crippen LogP contribution is 2.18. The highest BCUT2D eigenvalue weighted by atomic mass is 19.1. The van der Waals surface area contributed by atoms with Crippen molar-refractivity contribution < 1.29 is 14.3 Å². The van der Waals surface area contributed by atoms with E-state index >= 15 is 0 Å². The molecule has 4 aromatic rings. The van der Waals surface area contributed by atoms with Crippen LogP contribution in [0.5, 0.6) is 5.75 Å². The summed E-state index contributed by atoms with van der Waals surface area (Å²) in [5.41, 5.74) is 3.78. The Bertz CT molecular complexity index is 1380. The fourth-order valence-corrected chi connectivity index (χ4v) is 3.72. The number of phenols is 1. The van der Waals surface area contributed by atoms with Crippen LogP contribution < -0.4 is 10.6 Å². The number of hydrogen-bond acceptors (Lipinski definition) is 5. The number of aromatic hydroxyl groups is 1. The Morgan fingerprint density at radius 1 is 1.11 bits per heavy atom. The smallest absolute Gasteiger partial charge is 0.255 e. The van der Waals surface area contributed by atoms with Crippen LogP contribution in [0.4, 0.5) is 10.1 Å². The molecule has 35 heavy (non-hydrogen) atoms. The Hall–Kier alpha value is -4.48. The molecule has 0 radical (unpaired) electrons. The van der Waals surface area contributed by atoms with E-state index in [1.54, 1.807) is 30.7 Å². The van der Waals surface area contributed by atoms with Gasteiger partial charge < -0.3 is 20.3 Å². The van der Waals surface area contributed by atoms with Gasteiger partial charge in [-0.1, -0.05) is 30.3 Å². The van der Waals surface area contributed by atoms with Crippen molar-refractivity contribution in [3.8, 4) is 11.8 Å². The number of para-hydroxylation sites is 1. The summed E-state index contributed by atoms with van der Waals surface area (Å²) in [4.78, 5) is 16.8. The van der Waals surface area contributed by atoms with Crippen molar-refractivity contribution in [1.29, 1.82) is 5.26 Å². The van der Waals surface area contributed by atoms with Crippen LogP contribution in [0, 0.1) is 17.1 Å². The summed E-state index contributed by atoms with van der Waals surface area (Å²) in [7, 11) is 0. The number of nitriles is 1. The van der Waals surface area contributed by atoms with Gasteiger partial charge in [0.05, 0.1) is 11.9 Å². The van der Waals surface area contributed by atoms with Crippen molar-refractivity contribution in [3.63, 3.8) is 0 Å². The molecule has 4 rings (SSSR count). The van der Waals surface area contributed by atoms with Gasteiger partial charge in [-0.15, -0.1) is 0 Å². The number of anilines is 1. The summed E-state index contributed by atoms with van der Waals surface area (Å²) in [6.07, 6.45) is 4.19. The highest BCUT2D eigenvalue weighted by Gasteiger charge is 2.10.